The van der Waals surface area contributed by atoms with E-state index >= 15 is 0 Å². The highest BCUT2D eigenvalue weighted by molar-refractivity contribution is 7.98. The second kappa shape index (κ2) is 8.09. The molecule has 0 aliphatic heterocycles. The number of thioether (sulfide) groups is 1. The van der Waals surface area contributed by atoms with Gasteiger partial charge in [0.25, 0.3) is 0 Å². The molecular weight excluding hydrogens is 238 g/mol. The molecule has 0 unspecified atom stereocenters. The minimum absolute atomic E-state index is 0.344. The second-order valence-electron chi connectivity index (χ2n) is 3.95. The lowest BCUT2D eigenvalue weighted by Gasteiger charge is -2.05. The Hall–Kier alpha value is -0.0600. The number of aryl methyl sites for hydroxylation is 1. The summed E-state index contributed by atoms with van der Waals surface area (Å²) in [6.45, 7) is 7.18. The second-order valence-corrected chi connectivity index (χ2v) is 6.00. The third kappa shape index (κ3) is 5.87. The van der Waals surface area contributed by atoms with Gasteiger partial charge in [-0.1, -0.05) is 6.92 Å². The van der Waals surface area contributed by atoms with Crippen LogP contribution in [0.3, 0.4) is 0 Å². The van der Waals surface area contributed by atoms with E-state index in [2.05, 4.69) is 31.1 Å². The van der Waals surface area contributed by atoms with Crippen molar-refractivity contribution < 1.29 is 4.74 Å². The number of ether oxygens (including phenoxy) is 1. The van der Waals surface area contributed by atoms with Crippen molar-refractivity contribution in [2.45, 2.75) is 45.5 Å². The molecule has 0 N–H and O–H groups in total. The van der Waals surface area contributed by atoms with Gasteiger partial charge in [-0.05, 0) is 26.7 Å². The van der Waals surface area contributed by atoms with E-state index in [0.717, 1.165) is 24.5 Å². The molecule has 0 amide bonds. The van der Waals surface area contributed by atoms with Crippen molar-refractivity contribution in [2.24, 2.45) is 0 Å². The standard InChI is InChI=1S/C12H21NOS2/c1-4-5-12-13-11(9-16-12)8-15-7-6-14-10(2)3/h9-10H,4-8H2,1-3H3. The zero-order chi connectivity index (χ0) is 11.8. The summed E-state index contributed by atoms with van der Waals surface area (Å²) >= 11 is 3.69. The molecule has 92 valence electrons. The topological polar surface area (TPSA) is 22.1 Å². The molecule has 2 nitrogen and oxygen atoms in total. The van der Waals surface area contributed by atoms with E-state index in [-0.39, 0.29) is 0 Å². The number of thiazole rings is 1. The molecule has 0 bridgehead atoms. The van der Waals surface area contributed by atoms with Crippen molar-refractivity contribution in [3.05, 3.63) is 16.1 Å². The summed E-state index contributed by atoms with van der Waals surface area (Å²) in [5, 5.41) is 3.46. The molecule has 0 saturated heterocycles. The molecule has 1 aromatic rings. The monoisotopic (exact) mass is 259 g/mol. The molecule has 0 atom stereocenters. The van der Waals surface area contributed by atoms with Crippen molar-refractivity contribution >= 4 is 23.1 Å². The smallest absolute Gasteiger partial charge is 0.0928 e. The van der Waals surface area contributed by atoms with Gasteiger partial charge in [-0.25, -0.2) is 4.98 Å². The predicted molar refractivity (Wildman–Crippen MR) is 73.4 cm³/mol. The summed E-state index contributed by atoms with van der Waals surface area (Å²) in [7, 11) is 0. The Morgan fingerprint density at radius 3 is 3.00 bits per heavy atom. The Kier molecular flexibility index (Phi) is 7.08. The Bertz CT molecular complexity index is 286. The number of rotatable bonds is 8. The number of hydrogen-bond donors (Lipinski definition) is 0. The number of aromatic nitrogens is 1. The number of nitrogens with zero attached hydrogens (tertiary/aromatic N) is 1. The normalized spacial score (nSPS) is 11.2. The van der Waals surface area contributed by atoms with E-state index in [4.69, 9.17) is 4.74 Å². The summed E-state index contributed by atoms with van der Waals surface area (Å²) in [5.41, 5.74) is 1.22. The summed E-state index contributed by atoms with van der Waals surface area (Å²) in [6, 6.07) is 0. The fraction of sp³-hybridized carbons (Fsp3) is 0.750. The lowest BCUT2D eigenvalue weighted by Crippen LogP contribution is -2.05. The number of hydrogen-bond acceptors (Lipinski definition) is 4. The molecule has 0 fully saturated rings. The SMILES string of the molecule is CCCc1nc(CSCCOC(C)C)cs1. The first kappa shape index (κ1) is 14.0. The Balaban J connectivity index is 2.12. The summed E-state index contributed by atoms with van der Waals surface area (Å²) in [6.07, 6.45) is 2.64. The van der Waals surface area contributed by atoms with Crippen LogP contribution >= 0.6 is 23.1 Å². The molecule has 0 saturated carbocycles. The van der Waals surface area contributed by atoms with Gasteiger partial charge in [-0.15, -0.1) is 11.3 Å². The first-order valence-corrected chi connectivity index (χ1v) is 7.88. The molecule has 1 heterocycles. The van der Waals surface area contributed by atoms with Crippen molar-refractivity contribution in [3.8, 4) is 0 Å². The average Bonchev–Trinajstić information content (AvgIpc) is 2.65. The van der Waals surface area contributed by atoms with E-state index < -0.39 is 0 Å². The van der Waals surface area contributed by atoms with E-state index in [9.17, 15) is 0 Å². The maximum atomic E-state index is 5.48. The average molecular weight is 259 g/mol. The van der Waals surface area contributed by atoms with Crippen LogP contribution in [0.1, 0.15) is 37.9 Å². The third-order valence-corrected chi connectivity index (χ3v) is 3.90. The van der Waals surface area contributed by atoms with Gasteiger partial charge in [-0.2, -0.15) is 11.8 Å². The third-order valence-electron chi connectivity index (χ3n) is 1.99. The molecule has 4 heteroatoms. The van der Waals surface area contributed by atoms with Gasteiger partial charge in [0.1, 0.15) is 0 Å². The summed E-state index contributed by atoms with van der Waals surface area (Å²) in [4.78, 5) is 4.59. The van der Waals surface area contributed by atoms with Crippen LogP contribution in [0.4, 0.5) is 0 Å². The lowest BCUT2D eigenvalue weighted by atomic mass is 10.3. The fourth-order valence-corrected chi connectivity index (χ4v) is 2.98. The molecule has 16 heavy (non-hydrogen) atoms. The maximum absolute atomic E-state index is 5.48. The predicted octanol–water partition coefficient (Wildman–Crippen LogP) is 3.75. The minimum Gasteiger partial charge on any atom is -0.378 e. The highest BCUT2D eigenvalue weighted by atomic mass is 32.2. The summed E-state index contributed by atoms with van der Waals surface area (Å²) in [5.74, 6) is 2.07. The molecule has 1 rings (SSSR count). The largest absolute Gasteiger partial charge is 0.378 e. The molecule has 1 aromatic heterocycles. The minimum atomic E-state index is 0.344. The van der Waals surface area contributed by atoms with Crippen LogP contribution in [-0.2, 0) is 16.9 Å². The quantitative estimate of drug-likeness (QED) is 0.664. The zero-order valence-corrected chi connectivity index (χ0v) is 12.0. The van der Waals surface area contributed by atoms with Crippen molar-refractivity contribution in [1.29, 1.82) is 0 Å². The van der Waals surface area contributed by atoms with Gasteiger partial charge in [0.05, 0.1) is 23.4 Å². The molecule has 0 aliphatic carbocycles. The maximum Gasteiger partial charge on any atom is 0.0928 e. The van der Waals surface area contributed by atoms with Crippen LogP contribution in [0, 0.1) is 0 Å². The van der Waals surface area contributed by atoms with E-state index in [1.54, 1.807) is 11.3 Å². The molecule has 0 spiro atoms. The fourth-order valence-electron chi connectivity index (χ4n) is 1.26. The molecule has 0 radical (unpaired) electrons. The van der Waals surface area contributed by atoms with Crippen molar-refractivity contribution in [1.82, 2.24) is 4.98 Å². The van der Waals surface area contributed by atoms with Crippen LogP contribution in [0.15, 0.2) is 5.38 Å². The van der Waals surface area contributed by atoms with Crippen LogP contribution in [-0.4, -0.2) is 23.4 Å². The Morgan fingerprint density at radius 2 is 2.31 bits per heavy atom. The van der Waals surface area contributed by atoms with Gasteiger partial charge in [0, 0.05) is 16.9 Å². The highest BCUT2D eigenvalue weighted by Gasteiger charge is 2.01. The molecular formula is C12H21NOS2. The first-order valence-electron chi connectivity index (χ1n) is 5.85. The Morgan fingerprint density at radius 1 is 1.50 bits per heavy atom. The Labute approximate surface area is 107 Å². The lowest BCUT2D eigenvalue weighted by molar-refractivity contribution is 0.0920. The van der Waals surface area contributed by atoms with E-state index in [1.165, 1.54) is 17.1 Å². The van der Waals surface area contributed by atoms with Gasteiger partial charge in [0.15, 0.2) is 0 Å². The summed E-state index contributed by atoms with van der Waals surface area (Å²) < 4.78 is 5.48. The van der Waals surface area contributed by atoms with Crippen LogP contribution in [0.25, 0.3) is 0 Å². The van der Waals surface area contributed by atoms with Gasteiger partial charge in [0.2, 0.25) is 0 Å². The zero-order valence-electron chi connectivity index (χ0n) is 10.4. The van der Waals surface area contributed by atoms with Gasteiger partial charge in [-0.3, -0.25) is 0 Å². The first-order chi connectivity index (χ1) is 7.72. The van der Waals surface area contributed by atoms with Crippen molar-refractivity contribution in [3.63, 3.8) is 0 Å². The van der Waals surface area contributed by atoms with Crippen LogP contribution in [0.2, 0.25) is 0 Å². The molecule has 0 aromatic carbocycles. The van der Waals surface area contributed by atoms with E-state index in [1.807, 2.05) is 11.8 Å². The van der Waals surface area contributed by atoms with Crippen LogP contribution < -0.4 is 0 Å². The van der Waals surface area contributed by atoms with Gasteiger partial charge >= 0.3 is 0 Å². The van der Waals surface area contributed by atoms with E-state index in [0.29, 0.717) is 6.10 Å². The van der Waals surface area contributed by atoms with Gasteiger partial charge < -0.3 is 4.74 Å². The van der Waals surface area contributed by atoms with Crippen LogP contribution in [0.5, 0.6) is 0 Å². The highest BCUT2D eigenvalue weighted by Crippen LogP contribution is 2.16. The molecule has 0 aliphatic rings. The van der Waals surface area contributed by atoms with Crippen molar-refractivity contribution in [2.75, 3.05) is 12.4 Å².